The van der Waals surface area contributed by atoms with Gasteiger partial charge in [0.25, 0.3) is 5.91 Å². The highest BCUT2D eigenvalue weighted by atomic mass is 32.1. The summed E-state index contributed by atoms with van der Waals surface area (Å²) in [4.78, 5) is 29.9. The van der Waals surface area contributed by atoms with E-state index in [2.05, 4.69) is 28.4 Å². The van der Waals surface area contributed by atoms with Crippen LogP contribution >= 0.6 is 11.3 Å². The molecule has 0 atom stereocenters. The monoisotopic (exact) mass is 600 g/mol. The number of carbonyl (C=O) groups is 2. The van der Waals surface area contributed by atoms with Crippen LogP contribution in [0.3, 0.4) is 0 Å². The first-order chi connectivity index (χ1) is 20.7. The molecule has 0 unspecified atom stereocenters. The van der Waals surface area contributed by atoms with E-state index in [0.717, 1.165) is 22.2 Å². The highest BCUT2D eigenvalue weighted by Crippen LogP contribution is 2.41. The number of hydrogen-bond acceptors (Lipinski definition) is 9. The van der Waals surface area contributed by atoms with Crippen LogP contribution in [0.1, 0.15) is 29.8 Å². The van der Waals surface area contributed by atoms with Crippen molar-refractivity contribution >= 4 is 38.5 Å². The SMILES string of the molecule is CCc1ccc2sc(NC(=O)COc3cc(-c4cc(-c5cc(OC)c(OC)c(OC)c5)nn4C(C)=O)ccc3C)nc2c1. The quantitative estimate of drug-likeness (QED) is 0.196. The summed E-state index contributed by atoms with van der Waals surface area (Å²) < 4.78 is 24.7. The Morgan fingerprint density at radius 2 is 1.63 bits per heavy atom. The van der Waals surface area contributed by atoms with Crippen molar-refractivity contribution < 1.29 is 28.5 Å². The molecule has 11 heteroatoms. The molecule has 0 aliphatic heterocycles. The molecular weight excluding hydrogens is 568 g/mol. The molecular formula is C32H32N4O6S. The van der Waals surface area contributed by atoms with Gasteiger partial charge in [-0.05, 0) is 60.9 Å². The van der Waals surface area contributed by atoms with E-state index >= 15 is 0 Å². The number of aryl methyl sites for hydroxylation is 2. The van der Waals surface area contributed by atoms with Crippen molar-refractivity contribution in [1.29, 1.82) is 0 Å². The third-order valence-corrected chi connectivity index (χ3v) is 7.87. The molecule has 10 nitrogen and oxygen atoms in total. The Morgan fingerprint density at radius 3 is 2.28 bits per heavy atom. The molecule has 3 aromatic carbocycles. The first-order valence-electron chi connectivity index (χ1n) is 13.6. The van der Waals surface area contributed by atoms with Crippen molar-refractivity contribution in [3.63, 3.8) is 0 Å². The van der Waals surface area contributed by atoms with Crippen LogP contribution in [-0.2, 0) is 11.2 Å². The van der Waals surface area contributed by atoms with Crippen molar-refractivity contribution in [3.8, 4) is 45.5 Å². The lowest BCUT2D eigenvalue weighted by molar-refractivity contribution is -0.118. The Bertz CT molecular complexity index is 1800. The number of ether oxygens (including phenoxy) is 4. The lowest BCUT2D eigenvalue weighted by Crippen LogP contribution is -2.20. The van der Waals surface area contributed by atoms with E-state index in [4.69, 9.17) is 18.9 Å². The number of methoxy groups -OCH3 is 3. The molecule has 0 saturated heterocycles. The number of anilines is 1. The zero-order valence-corrected chi connectivity index (χ0v) is 25.6. The summed E-state index contributed by atoms with van der Waals surface area (Å²) in [6, 6.07) is 17.0. The van der Waals surface area contributed by atoms with E-state index in [1.165, 1.54) is 49.8 Å². The van der Waals surface area contributed by atoms with Gasteiger partial charge in [0.1, 0.15) is 5.75 Å². The summed E-state index contributed by atoms with van der Waals surface area (Å²) >= 11 is 1.42. The average Bonchev–Trinajstić information content (AvgIpc) is 3.64. The number of benzene rings is 3. The minimum Gasteiger partial charge on any atom is -0.493 e. The van der Waals surface area contributed by atoms with Gasteiger partial charge in [-0.2, -0.15) is 9.78 Å². The number of thiazole rings is 1. The van der Waals surface area contributed by atoms with Crippen molar-refractivity contribution in [1.82, 2.24) is 14.8 Å². The molecule has 1 amide bonds. The van der Waals surface area contributed by atoms with Gasteiger partial charge in [-0.1, -0.05) is 36.5 Å². The number of rotatable bonds is 10. The van der Waals surface area contributed by atoms with E-state index in [1.807, 2.05) is 31.2 Å². The van der Waals surface area contributed by atoms with Crippen molar-refractivity contribution in [2.75, 3.05) is 33.3 Å². The summed E-state index contributed by atoms with van der Waals surface area (Å²) in [6.45, 7) is 5.21. The second kappa shape index (κ2) is 12.5. The molecule has 5 rings (SSSR count). The molecule has 2 aromatic heterocycles. The normalized spacial score (nSPS) is 10.9. The van der Waals surface area contributed by atoms with Crippen LogP contribution in [0, 0.1) is 6.92 Å². The van der Waals surface area contributed by atoms with Crippen LogP contribution in [0.2, 0.25) is 0 Å². The van der Waals surface area contributed by atoms with E-state index < -0.39 is 0 Å². The number of amides is 1. The molecule has 0 aliphatic carbocycles. The summed E-state index contributed by atoms with van der Waals surface area (Å²) in [6.07, 6.45) is 0.918. The molecule has 1 N–H and O–H groups in total. The average molecular weight is 601 g/mol. The standard InChI is InChI=1S/C32H32N4O6S/c1-7-20-9-11-29-24(12-20)33-32(43-29)34-30(38)17-42-26-13-21(10-8-18(26)2)25-16-23(35-36(25)19(3)37)22-14-27(39-4)31(41-6)28(15-22)40-5/h8-16H,7,17H2,1-6H3,(H,33,34,38). The summed E-state index contributed by atoms with van der Waals surface area (Å²) in [5, 5.41) is 7.92. The van der Waals surface area contributed by atoms with E-state index in [0.29, 0.717) is 50.6 Å². The Hall–Kier alpha value is -4.90. The number of hydrogen-bond donors (Lipinski definition) is 1. The fraction of sp³-hybridized carbons (Fsp3) is 0.250. The minimum atomic E-state index is -0.321. The van der Waals surface area contributed by atoms with Gasteiger partial charge in [0.15, 0.2) is 23.2 Å². The number of carbonyl (C=O) groups excluding carboxylic acids is 2. The van der Waals surface area contributed by atoms with Gasteiger partial charge in [-0.15, -0.1) is 0 Å². The maximum Gasteiger partial charge on any atom is 0.264 e. The highest BCUT2D eigenvalue weighted by molar-refractivity contribution is 7.22. The van der Waals surface area contributed by atoms with E-state index in [-0.39, 0.29) is 18.4 Å². The molecule has 0 radical (unpaired) electrons. The second-order valence-electron chi connectivity index (χ2n) is 9.75. The van der Waals surface area contributed by atoms with Crippen molar-refractivity contribution in [2.45, 2.75) is 27.2 Å². The third kappa shape index (κ3) is 6.17. The van der Waals surface area contributed by atoms with Gasteiger partial charge >= 0.3 is 0 Å². The van der Waals surface area contributed by atoms with Crippen molar-refractivity contribution in [2.24, 2.45) is 0 Å². The molecule has 0 aliphatic rings. The van der Waals surface area contributed by atoms with E-state index in [9.17, 15) is 9.59 Å². The maximum atomic E-state index is 12.7. The van der Waals surface area contributed by atoms with Crippen LogP contribution in [0.4, 0.5) is 5.13 Å². The van der Waals surface area contributed by atoms with Gasteiger partial charge in [-0.3, -0.25) is 14.9 Å². The van der Waals surface area contributed by atoms with Gasteiger partial charge in [-0.25, -0.2) is 4.98 Å². The second-order valence-corrected chi connectivity index (χ2v) is 10.8. The highest BCUT2D eigenvalue weighted by Gasteiger charge is 2.20. The number of nitrogens with one attached hydrogen (secondary N) is 1. The largest absolute Gasteiger partial charge is 0.493 e. The lowest BCUT2D eigenvalue weighted by atomic mass is 10.1. The molecule has 0 fully saturated rings. The number of aromatic nitrogens is 3. The first-order valence-corrected chi connectivity index (χ1v) is 14.4. The molecule has 0 spiro atoms. The predicted octanol–water partition coefficient (Wildman–Crippen LogP) is 6.40. The summed E-state index contributed by atoms with van der Waals surface area (Å²) in [5.41, 5.74) is 5.35. The Balaban J connectivity index is 1.38. The first kappa shape index (κ1) is 29.6. The lowest BCUT2D eigenvalue weighted by Gasteiger charge is -2.13. The third-order valence-electron chi connectivity index (χ3n) is 6.92. The molecule has 0 saturated carbocycles. The number of nitrogens with zero attached hydrogens (tertiary/aromatic N) is 3. The number of fused-ring (bicyclic) bond motifs is 1. The van der Waals surface area contributed by atoms with Crippen LogP contribution in [0.5, 0.6) is 23.0 Å². The molecule has 5 aromatic rings. The van der Waals surface area contributed by atoms with Gasteiger partial charge < -0.3 is 18.9 Å². The van der Waals surface area contributed by atoms with Crippen LogP contribution in [0.25, 0.3) is 32.7 Å². The van der Waals surface area contributed by atoms with Gasteiger partial charge in [0, 0.05) is 18.1 Å². The molecule has 43 heavy (non-hydrogen) atoms. The molecule has 0 bridgehead atoms. The van der Waals surface area contributed by atoms with Crippen LogP contribution < -0.4 is 24.3 Å². The Morgan fingerprint density at radius 1 is 0.907 bits per heavy atom. The molecule has 2 heterocycles. The fourth-order valence-corrected chi connectivity index (χ4v) is 5.52. The maximum absolute atomic E-state index is 12.7. The summed E-state index contributed by atoms with van der Waals surface area (Å²) in [5.74, 6) is 1.32. The van der Waals surface area contributed by atoms with Gasteiger partial charge in [0.2, 0.25) is 11.7 Å². The van der Waals surface area contributed by atoms with Crippen LogP contribution in [-0.4, -0.2) is 54.5 Å². The Kier molecular flexibility index (Phi) is 8.63. The zero-order valence-electron chi connectivity index (χ0n) is 24.8. The topological polar surface area (TPSA) is 114 Å². The minimum absolute atomic E-state index is 0.205. The predicted molar refractivity (Wildman–Crippen MR) is 167 cm³/mol. The Labute approximate surface area is 253 Å². The molecule has 222 valence electrons. The summed E-state index contributed by atoms with van der Waals surface area (Å²) in [7, 11) is 4.61. The smallest absolute Gasteiger partial charge is 0.264 e. The van der Waals surface area contributed by atoms with Crippen LogP contribution in [0.15, 0.2) is 54.6 Å². The fourth-order valence-electron chi connectivity index (χ4n) is 4.66. The zero-order chi connectivity index (χ0) is 30.7. The van der Waals surface area contributed by atoms with Crippen molar-refractivity contribution in [3.05, 3.63) is 65.7 Å². The van der Waals surface area contributed by atoms with Gasteiger partial charge in [0.05, 0.1) is 42.9 Å². The van der Waals surface area contributed by atoms with E-state index in [1.54, 1.807) is 24.3 Å².